The molecule has 1 saturated carbocycles. The second kappa shape index (κ2) is 13.5. The quantitative estimate of drug-likeness (QED) is 0.453. The first kappa shape index (κ1) is 29.9. The number of carbonyl (C=O) groups is 2. The van der Waals surface area contributed by atoms with Gasteiger partial charge in [-0.1, -0.05) is 26.7 Å². The fourth-order valence-corrected chi connectivity index (χ4v) is 4.49. The van der Waals surface area contributed by atoms with Crippen molar-refractivity contribution in [3.8, 4) is 5.75 Å². The Morgan fingerprint density at radius 3 is 2.36 bits per heavy atom. The molecule has 1 aliphatic heterocycles. The van der Waals surface area contributed by atoms with E-state index in [9.17, 15) is 18.0 Å². The van der Waals surface area contributed by atoms with Gasteiger partial charge >= 0.3 is 18.2 Å². The van der Waals surface area contributed by atoms with Crippen molar-refractivity contribution in [3.05, 3.63) is 36.0 Å². The van der Waals surface area contributed by atoms with E-state index in [-0.39, 0.29) is 6.03 Å². The van der Waals surface area contributed by atoms with Crippen LogP contribution in [0.1, 0.15) is 45.1 Å². The highest BCUT2D eigenvalue weighted by molar-refractivity contribution is 5.93. The average Bonchev–Trinajstić information content (AvgIpc) is 3.45. The van der Waals surface area contributed by atoms with E-state index < -0.39 is 12.1 Å². The molecule has 1 aliphatic carbocycles. The predicted octanol–water partition coefficient (Wildman–Crippen LogP) is 4.89. The molecule has 0 atom stereocenters. The van der Waals surface area contributed by atoms with Crippen LogP contribution in [0.3, 0.4) is 0 Å². The second-order valence-corrected chi connectivity index (χ2v) is 9.28. The molecule has 39 heavy (non-hydrogen) atoms. The number of nitrogens with one attached hydrogen (secondary N) is 1. The number of urea groups is 1. The lowest BCUT2D eigenvalue weighted by Crippen LogP contribution is -2.49. The molecule has 13 heteroatoms. The summed E-state index contributed by atoms with van der Waals surface area (Å²) in [6.07, 6.45) is 1.32. The fraction of sp³-hybridized carbons (Fsp3) is 0.538. The number of carbonyl (C=O) groups excluding carboxylic acids is 1. The first-order chi connectivity index (χ1) is 18.5. The van der Waals surface area contributed by atoms with Crippen LogP contribution < -0.4 is 15.0 Å². The van der Waals surface area contributed by atoms with Gasteiger partial charge in [0.25, 0.3) is 0 Å². The predicted molar refractivity (Wildman–Crippen MR) is 140 cm³/mol. The van der Waals surface area contributed by atoms with Crippen LogP contribution >= 0.6 is 0 Å². The van der Waals surface area contributed by atoms with Crippen molar-refractivity contribution in [1.29, 1.82) is 0 Å². The summed E-state index contributed by atoms with van der Waals surface area (Å²) in [7, 11) is 1.80. The lowest BCUT2D eigenvalue weighted by atomic mass is 10.1. The lowest BCUT2D eigenvalue weighted by molar-refractivity contribution is -0.192. The van der Waals surface area contributed by atoms with Crippen molar-refractivity contribution in [2.24, 2.45) is 0 Å². The molecule has 0 spiro atoms. The number of hydrogen-bond donors (Lipinski definition) is 2. The Morgan fingerprint density at radius 1 is 1.18 bits per heavy atom. The topological polar surface area (TPSA) is 111 Å². The number of carboxylic acids is 1. The smallest absolute Gasteiger partial charge is 0.490 e. The number of fused-ring (bicyclic) bond motifs is 1. The Balaban J connectivity index is 0.000000532. The monoisotopic (exact) mass is 552 g/mol. The highest BCUT2D eigenvalue weighted by Crippen LogP contribution is 2.32. The number of carboxylic acid groups (broad SMARTS) is 1. The van der Waals surface area contributed by atoms with E-state index in [0.29, 0.717) is 31.0 Å². The summed E-state index contributed by atoms with van der Waals surface area (Å²) in [6, 6.07) is 8.15. The highest BCUT2D eigenvalue weighted by Gasteiger charge is 2.38. The molecular formula is C26H35F3N6O4. The van der Waals surface area contributed by atoms with E-state index in [1.807, 2.05) is 35.4 Å². The van der Waals surface area contributed by atoms with Gasteiger partial charge in [-0.2, -0.15) is 18.2 Å². The Bertz CT molecular complexity index is 1110. The van der Waals surface area contributed by atoms with Crippen LogP contribution in [-0.4, -0.2) is 82.4 Å². The molecule has 214 valence electrons. The number of amides is 2. The molecule has 2 heterocycles. The van der Waals surface area contributed by atoms with Gasteiger partial charge < -0.3 is 25.0 Å². The maximum absolute atomic E-state index is 12.9. The summed E-state index contributed by atoms with van der Waals surface area (Å²) in [5, 5.41) is 10.4. The Labute approximate surface area is 225 Å². The van der Waals surface area contributed by atoms with Crippen molar-refractivity contribution < 1.29 is 32.6 Å². The molecule has 1 aromatic carbocycles. The summed E-state index contributed by atoms with van der Waals surface area (Å²) in [6.45, 7) is 8.55. The lowest BCUT2D eigenvalue weighted by Gasteiger charge is -2.37. The van der Waals surface area contributed by atoms with Gasteiger partial charge in [-0.25, -0.2) is 14.6 Å². The third-order valence-corrected chi connectivity index (χ3v) is 6.72. The SMILES string of the molecule is CCN(CC)CCOc1ccc(Nc2ncc3c(n2)N(C)C(=O)N(C2CCCC2)C3)cc1.O=C(O)C(F)(F)F. The van der Waals surface area contributed by atoms with E-state index >= 15 is 0 Å². The minimum Gasteiger partial charge on any atom is -0.492 e. The number of hydrogen-bond acceptors (Lipinski definition) is 7. The van der Waals surface area contributed by atoms with Crippen LogP contribution in [0.15, 0.2) is 30.5 Å². The number of rotatable bonds is 9. The Morgan fingerprint density at radius 2 is 1.79 bits per heavy atom. The second-order valence-electron chi connectivity index (χ2n) is 9.28. The number of benzene rings is 1. The Kier molecular flexibility index (Phi) is 10.3. The van der Waals surface area contributed by atoms with Gasteiger partial charge in [-0.15, -0.1) is 0 Å². The summed E-state index contributed by atoms with van der Waals surface area (Å²) >= 11 is 0. The number of nitrogens with zero attached hydrogens (tertiary/aromatic N) is 5. The minimum absolute atomic E-state index is 0.0280. The molecule has 1 fully saturated rings. The number of halogens is 3. The summed E-state index contributed by atoms with van der Waals surface area (Å²) in [5.74, 6) is -0.759. The van der Waals surface area contributed by atoms with E-state index in [2.05, 4.69) is 34.0 Å². The van der Waals surface area contributed by atoms with Crippen LogP contribution in [0.25, 0.3) is 0 Å². The molecule has 2 N–H and O–H groups in total. The van der Waals surface area contributed by atoms with Crippen molar-refractivity contribution in [1.82, 2.24) is 19.8 Å². The van der Waals surface area contributed by atoms with Gasteiger partial charge in [0.2, 0.25) is 5.95 Å². The summed E-state index contributed by atoms with van der Waals surface area (Å²) in [4.78, 5) is 36.9. The molecule has 1 aromatic heterocycles. The molecule has 2 aliphatic rings. The molecule has 0 unspecified atom stereocenters. The van der Waals surface area contributed by atoms with Crippen LogP contribution in [0.2, 0.25) is 0 Å². The zero-order valence-electron chi connectivity index (χ0n) is 22.4. The number of anilines is 3. The molecule has 0 saturated heterocycles. The van der Waals surface area contributed by atoms with Gasteiger partial charge in [-0.3, -0.25) is 4.90 Å². The standard InChI is InChI=1S/C24H34N6O2.C2HF3O2/c1-4-29(5-2)14-15-32-21-12-10-19(11-13-21)26-23-25-16-18-17-30(20-8-6-7-9-20)24(31)28(3)22(18)27-23;3-2(4,5)1(6)7/h10-13,16,20H,4-9,14-15,17H2,1-3H3,(H,25,26,27);(H,6,7). The van der Waals surface area contributed by atoms with E-state index in [1.54, 1.807) is 11.9 Å². The van der Waals surface area contributed by atoms with Crippen LogP contribution in [0.4, 0.5) is 35.4 Å². The molecular weight excluding hydrogens is 517 g/mol. The largest absolute Gasteiger partial charge is 0.492 e. The third kappa shape index (κ3) is 8.19. The normalized spacial score (nSPS) is 15.6. The van der Waals surface area contributed by atoms with Crippen molar-refractivity contribution >= 4 is 29.5 Å². The highest BCUT2D eigenvalue weighted by atomic mass is 19.4. The summed E-state index contributed by atoms with van der Waals surface area (Å²) in [5.41, 5.74) is 1.86. The summed E-state index contributed by atoms with van der Waals surface area (Å²) < 4.78 is 37.6. The molecule has 0 bridgehead atoms. The maximum Gasteiger partial charge on any atom is 0.490 e. The van der Waals surface area contributed by atoms with Gasteiger partial charge in [0.05, 0.1) is 6.54 Å². The third-order valence-electron chi connectivity index (χ3n) is 6.72. The molecule has 4 rings (SSSR count). The number of aromatic nitrogens is 2. The van der Waals surface area contributed by atoms with Crippen LogP contribution in [-0.2, 0) is 11.3 Å². The van der Waals surface area contributed by atoms with Gasteiger partial charge in [0.1, 0.15) is 18.2 Å². The maximum atomic E-state index is 12.9. The van der Waals surface area contributed by atoms with Gasteiger partial charge in [0, 0.05) is 37.1 Å². The van der Waals surface area contributed by atoms with Crippen molar-refractivity contribution in [2.45, 2.75) is 58.3 Å². The Hall–Kier alpha value is -3.61. The van der Waals surface area contributed by atoms with Crippen LogP contribution in [0, 0.1) is 0 Å². The van der Waals surface area contributed by atoms with E-state index in [0.717, 1.165) is 49.5 Å². The first-order valence-corrected chi connectivity index (χ1v) is 13.0. The molecule has 0 radical (unpaired) electrons. The van der Waals surface area contributed by atoms with Crippen molar-refractivity contribution in [2.75, 3.05) is 43.5 Å². The number of likely N-dealkylation sites (N-methyl/N-ethyl adjacent to an activating group) is 1. The number of alkyl halides is 3. The van der Waals surface area contributed by atoms with E-state index in [1.165, 1.54) is 12.8 Å². The molecule has 10 nitrogen and oxygen atoms in total. The first-order valence-electron chi connectivity index (χ1n) is 13.0. The van der Waals surface area contributed by atoms with Crippen LogP contribution in [0.5, 0.6) is 5.75 Å². The van der Waals surface area contributed by atoms with Gasteiger partial charge in [-0.05, 0) is 50.2 Å². The average molecular weight is 553 g/mol. The number of aliphatic carboxylic acids is 1. The minimum atomic E-state index is -5.08. The zero-order valence-corrected chi connectivity index (χ0v) is 22.4. The van der Waals surface area contributed by atoms with Gasteiger partial charge in [0.15, 0.2) is 0 Å². The fourth-order valence-electron chi connectivity index (χ4n) is 4.49. The number of ether oxygens (including phenoxy) is 1. The molecule has 2 amide bonds. The van der Waals surface area contributed by atoms with E-state index in [4.69, 9.17) is 14.6 Å². The molecule has 2 aromatic rings. The zero-order chi connectivity index (χ0) is 28.6. The van der Waals surface area contributed by atoms with Crippen molar-refractivity contribution in [3.63, 3.8) is 0 Å².